The molecular formula is C14H18N4O3. The number of ether oxygens (including phenoxy) is 2. The largest absolute Gasteiger partial charge is 0.493 e. The summed E-state index contributed by atoms with van der Waals surface area (Å²) in [4.78, 5) is 16.3. The van der Waals surface area contributed by atoms with Crippen LogP contribution in [-0.4, -0.2) is 35.5 Å². The quantitative estimate of drug-likeness (QED) is 0.859. The Morgan fingerprint density at radius 2 is 2.14 bits per heavy atom. The van der Waals surface area contributed by atoms with E-state index in [0.717, 1.165) is 6.54 Å². The van der Waals surface area contributed by atoms with Gasteiger partial charge < -0.3 is 14.8 Å². The van der Waals surface area contributed by atoms with E-state index in [9.17, 15) is 4.79 Å². The summed E-state index contributed by atoms with van der Waals surface area (Å²) in [5.41, 5.74) is 1.08. The average Bonchev–Trinajstić information content (AvgIpc) is 2.50. The molecule has 1 N–H and O–H groups in total. The van der Waals surface area contributed by atoms with Gasteiger partial charge in [0, 0.05) is 24.9 Å². The molecule has 0 amide bonds. The van der Waals surface area contributed by atoms with E-state index in [0.29, 0.717) is 22.9 Å². The third-order valence-electron chi connectivity index (χ3n) is 2.92. The van der Waals surface area contributed by atoms with Gasteiger partial charge in [-0.05, 0) is 6.92 Å². The molecule has 0 aromatic carbocycles. The van der Waals surface area contributed by atoms with Gasteiger partial charge >= 0.3 is 0 Å². The van der Waals surface area contributed by atoms with Gasteiger partial charge in [-0.3, -0.25) is 9.78 Å². The third-order valence-corrected chi connectivity index (χ3v) is 2.92. The maximum absolute atomic E-state index is 12.0. The van der Waals surface area contributed by atoms with Crippen LogP contribution in [0.4, 0.5) is 5.69 Å². The van der Waals surface area contributed by atoms with Crippen molar-refractivity contribution in [2.24, 2.45) is 0 Å². The fourth-order valence-corrected chi connectivity index (χ4v) is 1.96. The molecular weight excluding hydrogens is 272 g/mol. The standard InChI is InChI=1S/C14H18N4O3/c1-4-15-10-7-13(19)18(17-8-10)9-11-14(21-3)12(20-2)5-6-16-11/h5-8,15H,4,9H2,1-3H3. The van der Waals surface area contributed by atoms with Gasteiger partial charge in [-0.25, -0.2) is 4.68 Å². The van der Waals surface area contributed by atoms with Crippen molar-refractivity contribution in [3.8, 4) is 11.5 Å². The molecule has 7 heteroatoms. The van der Waals surface area contributed by atoms with E-state index in [-0.39, 0.29) is 12.1 Å². The number of nitrogens with zero attached hydrogens (tertiary/aromatic N) is 3. The normalized spacial score (nSPS) is 10.2. The number of hydrogen-bond donors (Lipinski definition) is 1. The van der Waals surface area contributed by atoms with Crippen molar-refractivity contribution < 1.29 is 9.47 Å². The molecule has 0 bridgehead atoms. The minimum absolute atomic E-state index is 0.208. The molecule has 2 aromatic rings. The van der Waals surface area contributed by atoms with Crippen molar-refractivity contribution in [3.63, 3.8) is 0 Å². The fourth-order valence-electron chi connectivity index (χ4n) is 1.96. The number of nitrogens with one attached hydrogen (secondary N) is 1. The average molecular weight is 290 g/mol. The number of methoxy groups -OCH3 is 2. The molecule has 0 saturated heterocycles. The predicted octanol–water partition coefficient (Wildman–Crippen LogP) is 1.14. The Morgan fingerprint density at radius 1 is 1.33 bits per heavy atom. The van der Waals surface area contributed by atoms with Crippen molar-refractivity contribution in [2.45, 2.75) is 13.5 Å². The zero-order chi connectivity index (χ0) is 15.2. The second-order valence-electron chi connectivity index (χ2n) is 4.26. The minimum atomic E-state index is -0.208. The van der Waals surface area contributed by atoms with Crippen LogP contribution in [0.25, 0.3) is 0 Å². The highest BCUT2D eigenvalue weighted by atomic mass is 16.5. The Bertz CT molecular complexity index is 670. The summed E-state index contributed by atoms with van der Waals surface area (Å²) in [7, 11) is 3.09. The lowest BCUT2D eigenvalue weighted by atomic mass is 10.3. The Kier molecular flexibility index (Phi) is 4.76. The zero-order valence-electron chi connectivity index (χ0n) is 12.3. The Morgan fingerprint density at radius 3 is 2.76 bits per heavy atom. The first-order chi connectivity index (χ1) is 10.2. The SMILES string of the molecule is CCNc1cnn(Cc2nccc(OC)c2OC)c(=O)c1. The molecule has 2 aromatic heterocycles. The Balaban J connectivity index is 2.32. The van der Waals surface area contributed by atoms with Crippen molar-refractivity contribution >= 4 is 5.69 Å². The van der Waals surface area contributed by atoms with Gasteiger partial charge in [-0.15, -0.1) is 0 Å². The molecule has 21 heavy (non-hydrogen) atoms. The number of rotatable bonds is 6. The molecule has 0 saturated carbocycles. The summed E-state index contributed by atoms with van der Waals surface area (Å²) < 4.78 is 11.8. The highest BCUT2D eigenvalue weighted by Crippen LogP contribution is 2.29. The molecule has 2 rings (SSSR count). The lowest BCUT2D eigenvalue weighted by molar-refractivity contribution is 0.347. The summed E-state index contributed by atoms with van der Waals surface area (Å²) in [5.74, 6) is 1.07. The number of pyridine rings is 1. The molecule has 0 unspecified atom stereocenters. The van der Waals surface area contributed by atoms with Crippen LogP contribution in [0.2, 0.25) is 0 Å². The van der Waals surface area contributed by atoms with E-state index in [2.05, 4.69) is 15.4 Å². The van der Waals surface area contributed by atoms with Crippen molar-refractivity contribution in [1.82, 2.24) is 14.8 Å². The summed E-state index contributed by atoms with van der Waals surface area (Å²) >= 11 is 0. The van der Waals surface area contributed by atoms with Gasteiger partial charge in [0.2, 0.25) is 0 Å². The summed E-state index contributed by atoms with van der Waals surface area (Å²) in [6, 6.07) is 3.20. The van der Waals surface area contributed by atoms with Crippen LogP contribution in [0.15, 0.2) is 29.3 Å². The first-order valence-corrected chi connectivity index (χ1v) is 6.56. The first kappa shape index (κ1) is 14.8. The highest BCUT2D eigenvalue weighted by Gasteiger charge is 2.12. The Hall–Kier alpha value is -2.57. The van der Waals surface area contributed by atoms with Crippen LogP contribution in [0.3, 0.4) is 0 Å². The molecule has 0 atom stereocenters. The maximum atomic E-state index is 12.0. The van der Waals surface area contributed by atoms with E-state index in [4.69, 9.17) is 9.47 Å². The van der Waals surface area contributed by atoms with Crippen LogP contribution in [-0.2, 0) is 6.54 Å². The third kappa shape index (κ3) is 3.31. The molecule has 0 radical (unpaired) electrons. The van der Waals surface area contributed by atoms with Crippen molar-refractivity contribution in [3.05, 3.63) is 40.6 Å². The van der Waals surface area contributed by atoms with Crippen molar-refractivity contribution in [2.75, 3.05) is 26.1 Å². The van der Waals surface area contributed by atoms with Crippen molar-refractivity contribution in [1.29, 1.82) is 0 Å². The summed E-state index contributed by atoms with van der Waals surface area (Å²) in [5, 5.41) is 7.17. The van der Waals surface area contributed by atoms with E-state index < -0.39 is 0 Å². The highest BCUT2D eigenvalue weighted by molar-refractivity contribution is 5.43. The van der Waals surface area contributed by atoms with E-state index >= 15 is 0 Å². The van der Waals surface area contributed by atoms with Crippen LogP contribution >= 0.6 is 0 Å². The lowest BCUT2D eigenvalue weighted by Gasteiger charge is -2.12. The number of aromatic nitrogens is 3. The Labute approximate surface area is 122 Å². The molecule has 0 aliphatic heterocycles. The van der Waals surface area contributed by atoms with Crippen LogP contribution in [0, 0.1) is 0 Å². The van der Waals surface area contributed by atoms with Gasteiger partial charge in [0.25, 0.3) is 5.56 Å². The van der Waals surface area contributed by atoms with Gasteiger partial charge in [-0.2, -0.15) is 5.10 Å². The molecule has 0 fully saturated rings. The monoisotopic (exact) mass is 290 g/mol. The van der Waals surface area contributed by atoms with Gasteiger partial charge in [-0.1, -0.05) is 0 Å². The fraction of sp³-hybridized carbons (Fsp3) is 0.357. The topological polar surface area (TPSA) is 78.3 Å². The first-order valence-electron chi connectivity index (χ1n) is 6.56. The zero-order valence-corrected chi connectivity index (χ0v) is 12.3. The molecule has 0 spiro atoms. The number of hydrogen-bond acceptors (Lipinski definition) is 6. The minimum Gasteiger partial charge on any atom is -0.493 e. The maximum Gasteiger partial charge on any atom is 0.269 e. The molecule has 0 aliphatic carbocycles. The van der Waals surface area contributed by atoms with Crippen LogP contribution < -0.4 is 20.3 Å². The summed E-state index contributed by atoms with van der Waals surface area (Å²) in [6.07, 6.45) is 3.21. The second-order valence-corrected chi connectivity index (χ2v) is 4.26. The molecule has 112 valence electrons. The summed E-state index contributed by atoms with van der Waals surface area (Å²) in [6.45, 7) is 2.90. The van der Waals surface area contributed by atoms with Crippen LogP contribution in [0.1, 0.15) is 12.6 Å². The van der Waals surface area contributed by atoms with Gasteiger partial charge in [0.15, 0.2) is 11.5 Å². The van der Waals surface area contributed by atoms with E-state index in [1.807, 2.05) is 6.92 Å². The molecule has 2 heterocycles. The molecule has 0 aliphatic rings. The molecule has 7 nitrogen and oxygen atoms in total. The van der Waals surface area contributed by atoms with Gasteiger partial charge in [0.05, 0.1) is 32.6 Å². The van der Waals surface area contributed by atoms with E-state index in [1.54, 1.807) is 25.6 Å². The number of anilines is 1. The van der Waals surface area contributed by atoms with Crippen LogP contribution in [0.5, 0.6) is 11.5 Å². The van der Waals surface area contributed by atoms with Gasteiger partial charge in [0.1, 0.15) is 5.69 Å². The predicted molar refractivity (Wildman–Crippen MR) is 79.1 cm³/mol. The van der Waals surface area contributed by atoms with E-state index in [1.165, 1.54) is 17.9 Å². The lowest BCUT2D eigenvalue weighted by Crippen LogP contribution is -2.23. The second kappa shape index (κ2) is 6.74. The smallest absolute Gasteiger partial charge is 0.269 e.